The van der Waals surface area contributed by atoms with Crippen molar-refractivity contribution in [1.82, 2.24) is 4.98 Å². The molecule has 1 aromatic heterocycles. The lowest BCUT2D eigenvalue weighted by atomic mass is 10.0. The smallest absolute Gasteiger partial charge is 0.0470 e. The Morgan fingerprint density at radius 3 is 2.56 bits per heavy atom. The van der Waals surface area contributed by atoms with Gasteiger partial charge in [-0.2, -0.15) is 0 Å². The maximum Gasteiger partial charge on any atom is 0.0470 e. The fraction of sp³-hybridized carbons (Fsp3) is 0.429. The first-order valence-electron chi connectivity index (χ1n) is 6.05. The normalized spacial score (nSPS) is 11.2. The first-order chi connectivity index (χ1) is 7.76. The molecule has 0 aliphatic carbocycles. The number of benzene rings is 1. The molecule has 0 saturated heterocycles. The van der Waals surface area contributed by atoms with Crippen LogP contribution in [0.2, 0.25) is 0 Å². The number of aryl methyl sites for hydroxylation is 2. The molecule has 0 bridgehead atoms. The van der Waals surface area contributed by atoms with Crippen LogP contribution in [0.15, 0.2) is 22.7 Å². The number of aromatic nitrogens is 1. The number of hydrogen-bond donors (Lipinski definition) is 1. The zero-order chi connectivity index (χ0) is 11.5. The Morgan fingerprint density at radius 1 is 1.12 bits per heavy atom. The molecular formula is C14H18BrN. The summed E-state index contributed by atoms with van der Waals surface area (Å²) in [5, 5.41) is 1.40. The number of fused-ring (bicyclic) bond motifs is 1. The van der Waals surface area contributed by atoms with E-state index in [1.54, 1.807) is 0 Å². The van der Waals surface area contributed by atoms with Gasteiger partial charge in [-0.25, -0.2) is 0 Å². The minimum absolute atomic E-state index is 1.15. The summed E-state index contributed by atoms with van der Waals surface area (Å²) in [6, 6.07) is 6.53. The van der Waals surface area contributed by atoms with Crippen molar-refractivity contribution in [2.45, 2.75) is 39.5 Å². The Hall–Kier alpha value is -0.760. The van der Waals surface area contributed by atoms with Gasteiger partial charge in [0.1, 0.15) is 0 Å². The highest BCUT2D eigenvalue weighted by molar-refractivity contribution is 9.10. The lowest BCUT2D eigenvalue weighted by molar-refractivity contribution is 0.850. The van der Waals surface area contributed by atoms with E-state index in [1.807, 2.05) is 0 Å². The predicted molar refractivity (Wildman–Crippen MR) is 74.0 cm³/mol. The molecule has 16 heavy (non-hydrogen) atoms. The molecule has 0 aliphatic heterocycles. The van der Waals surface area contributed by atoms with Crippen molar-refractivity contribution in [3.8, 4) is 0 Å². The lowest BCUT2D eigenvalue weighted by Gasteiger charge is -2.01. The summed E-state index contributed by atoms with van der Waals surface area (Å²) in [6.45, 7) is 4.48. The molecule has 0 saturated carbocycles. The van der Waals surface area contributed by atoms with Crippen LogP contribution >= 0.6 is 15.9 Å². The van der Waals surface area contributed by atoms with Gasteiger partial charge >= 0.3 is 0 Å². The predicted octanol–water partition coefficient (Wildman–Crippen LogP) is 4.84. The second-order valence-electron chi connectivity index (χ2n) is 4.27. The van der Waals surface area contributed by atoms with Gasteiger partial charge in [0.15, 0.2) is 0 Å². The maximum absolute atomic E-state index is 3.56. The molecule has 2 heteroatoms. The zero-order valence-electron chi connectivity index (χ0n) is 9.94. The van der Waals surface area contributed by atoms with E-state index in [1.165, 1.54) is 41.4 Å². The summed E-state index contributed by atoms with van der Waals surface area (Å²) in [4.78, 5) is 3.56. The first kappa shape index (κ1) is 11.7. The minimum Gasteiger partial charge on any atom is -0.358 e. The number of halogens is 1. The third-order valence-electron chi connectivity index (χ3n) is 2.96. The number of aromatic amines is 1. The summed E-state index contributed by atoms with van der Waals surface area (Å²) >= 11 is 3.52. The zero-order valence-corrected chi connectivity index (χ0v) is 11.5. The Balaban J connectivity index is 2.56. The summed E-state index contributed by atoms with van der Waals surface area (Å²) in [7, 11) is 0. The van der Waals surface area contributed by atoms with Gasteiger partial charge < -0.3 is 4.98 Å². The highest BCUT2D eigenvalue weighted by Gasteiger charge is 2.09. The molecule has 0 unspecified atom stereocenters. The van der Waals surface area contributed by atoms with Crippen molar-refractivity contribution in [3.05, 3.63) is 33.9 Å². The quantitative estimate of drug-likeness (QED) is 0.825. The van der Waals surface area contributed by atoms with Crippen LogP contribution in [0.3, 0.4) is 0 Å². The first-order valence-corrected chi connectivity index (χ1v) is 6.84. The van der Waals surface area contributed by atoms with Crippen LogP contribution in [0.1, 0.15) is 37.9 Å². The summed E-state index contributed by atoms with van der Waals surface area (Å²) in [5.41, 5.74) is 4.21. The average Bonchev–Trinajstić information content (AvgIpc) is 2.57. The van der Waals surface area contributed by atoms with Crippen molar-refractivity contribution in [2.75, 3.05) is 0 Å². The van der Waals surface area contributed by atoms with E-state index >= 15 is 0 Å². The molecule has 0 atom stereocenters. The van der Waals surface area contributed by atoms with Gasteiger partial charge in [-0.1, -0.05) is 48.7 Å². The molecule has 1 aromatic carbocycles. The van der Waals surface area contributed by atoms with Crippen molar-refractivity contribution in [3.63, 3.8) is 0 Å². The highest BCUT2D eigenvalue weighted by atomic mass is 79.9. The van der Waals surface area contributed by atoms with Crippen molar-refractivity contribution < 1.29 is 0 Å². The largest absolute Gasteiger partial charge is 0.358 e. The second-order valence-corrected chi connectivity index (χ2v) is 5.19. The Kier molecular flexibility index (Phi) is 3.70. The Morgan fingerprint density at radius 2 is 1.88 bits per heavy atom. The molecule has 0 amide bonds. The third kappa shape index (κ3) is 2.17. The van der Waals surface area contributed by atoms with E-state index in [9.17, 15) is 0 Å². The van der Waals surface area contributed by atoms with Crippen molar-refractivity contribution in [1.29, 1.82) is 0 Å². The molecular weight excluding hydrogens is 262 g/mol. The Labute approximate surface area is 105 Å². The van der Waals surface area contributed by atoms with Crippen molar-refractivity contribution >= 4 is 26.8 Å². The highest BCUT2D eigenvalue weighted by Crippen LogP contribution is 2.27. The molecule has 86 valence electrons. The topological polar surface area (TPSA) is 15.8 Å². The molecule has 2 aromatic rings. The summed E-state index contributed by atoms with van der Waals surface area (Å²) in [6.07, 6.45) is 4.74. The van der Waals surface area contributed by atoms with Gasteiger partial charge in [0.05, 0.1) is 0 Å². The average molecular weight is 280 g/mol. The van der Waals surface area contributed by atoms with Crippen LogP contribution in [0.25, 0.3) is 10.9 Å². The summed E-state index contributed by atoms with van der Waals surface area (Å²) in [5.74, 6) is 0. The molecule has 0 spiro atoms. The van der Waals surface area contributed by atoms with E-state index in [2.05, 4.69) is 53.0 Å². The molecule has 1 nitrogen and oxygen atoms in total. The standard InChI is InChI=1S/C14H18BrN/c1-3-5-11-12-8-7-10(15)9-14(12)16-13(11)6-4-2/h7-9,16H,3-6H2,1-2H3. The fourth-order valence-electron chi connectivity index (χ4n) is 2.28. The SMILES string of the molecule is CCCc1[nH]c2cc(Br)ccc2c1CCC. The van der Waals surface area contributed by atoms with Gasteiger partial charge in [0.25, 0.3) is 0 Å². The molecule has 0 fully saturated rings. The van der Waals surface area contributed by atoms with Gasteiger partial charge in [0.2, 0.25) is 0 Å². The summed E-state index contributed by atoms with van der Waals surface area (Å²) < 4.78 is 1.15. The number of H-pyrrole nitrogens is 1. The van der Waals surface area contributed by atoms with Crippen LogP contribution in [0.5, 0.6) is 0 Å². The van der Waals surface area contributed by atoms with Crippen LogP contribution in [0.4, 0.5) is 0 Å². The molecule has 2 rings (SSSR count). The van der Waals surface area contributed by atoms with Gasteiger partial charge in [-0.15, -0.1) is 0 Å². The molecule has 1 N–H and O–H groups in total. The monoisotopic (exact) mass is 279 g/mol. The van der Waals surface area contributed by atoms with E-state index < -0.39 is 0 Å². The Bertz CT molecular complexity index is 485. The van der Waals surface area contributed by atoms with E-state index in [0.29, 0.717) is 0 Å². The van der Waals surface area contributed by atoms with E-state index in [0.717, 1.165) is 10.9 Å². The number of nitrogens with one attached hydrogen (secondary N) is 1. The third-order valence-corrected chi connectivity index (χ3v) is 3.45. The van der Waals surface area contributed by atoms with E-state index in [-0.39, 0.29) is 0 Å². The second kappa shape index (κ2) is 5.05. The molecule has 0 aliphatic rings. The maximum atomic E-state index is 3.56. The fourth-order valence-corrected chi connectivity index (χ4v) is 2.64. The van der Waals surface area contributed by atoms with Crippen LogP contribution in [0, 0.1) is 0 Å². The number of rotatable bonds is 4. The van der Waals surface area contributed by atoms with Crippen LogP contribution < -0.4 is 0 Å². The van der Waals surface area contributed by atoms with E-state index in [4.69, 9.17) is 0 Å². The number of hydrogen-bond acceptors (Lipinski definition) is 0. The van der Waals surface area contributed by atoms with Gasteiger partial charge in [-0.3, -0.25) is 0 Å². The molecule has 0 radical (unpaired) electrons. The van der Waals surface area contributed by atoms with Gasteiger partial charge in [-0.05, 0) is 30.5 Å². The van der Waals surface area contributed by atoms with Crippen LogP contribution in [-0.2, 0) is 12.8 Å². The van der Waals surface area contributed by atoms with Gasteiger partial charge in [0, 0.05) is 21.1 Å². The molecule has 1 heterocycles. The minimum atomic E-state index is 1.15. The lowest BCUT2D eigenvalue weighted by Crippen LogP contribution is -1.90. The van der Waals surface area contributed by atoms with Crippen LogP contribution in [-0.4, -0.2) is 4.98 Å². The van der Waals surface area contributed by atoms with Crippen molar-refractivity contribution in [2.24, 2.45) is 0 Å².